The van der Waals surface area contributed by atoms with Gasteiger partial charge in [0.05, 0.1) is 6.61 Å². The highest BCUT2D eigenvalue weighted by Gasteiger charge is 2.27. The molecule has 0 aromatic carbocycles. The van der Waals surface area contributed by atoms with E-state index in [-0.39, 0.29) is 5.91 Å². The van der Waals surface area contributed by atoms with Gasteiger partial charge in [0.2, 0.25) is 0 Å². The van der Waals surface area contributed by atoms with Crippen molar-refractivity contribution < 1.29 is 9.53 Å². The lowest BCUT2D eigenvalue weighted by molar-refractivity contribution is -0.131. The van der Waals surface area contributed by atoms with Crippen LogP contribution >= 0.6 is 0 Å². The number of carbonyl (C=O) groups excluding carboxylic acids is 1. The van der Waals surface area contributed by atoms with E-state index in [2.05, 4.69) is 4.90 Å². The van der Waals surface area contributed by atoms with Crippen LogP contribution in [-0.4, -0.2) is 54.5 Å². The molecule has 2 heterocycles. The normalized spacial score (nSPS) is 26.0. The zero-order valence-electron chi connectivity index (χ0n) is 12.4. The zero-order valence-corrected chi connectivity index (χ0v) is 12.4. The summed E-state index contributed by atoms with van der Waals surface area (Å²) in [6.07, 6.45) is 10.5. The van der Waals surface area contributed by atoms with Gasteiger partial charge in [-0.25, -0.2) is 0 Å². The molecule has 0 aromatic heterocycles. The van der Waals surface area contributed by atoms with Crippen molar-refractivity contribution >= 4 is 5.91 Å². The van der Waals surface area contributed by atoms with Crippen molar-refractivity contribution in [1.82, 2.24) is 9.80 Å². The lowest BCUT2D eigenvalue weighted by Crippen LogP contribution is -2.39. The number of rotatable bonds is 2. The Morgan fingerprint density at radius 2 is 1.90 bits per heavy atom. The average Bonchev–Trinajstić information content (AvgIpc) is 2.92. The topological polar surface area (TPSA) is 32.8 Å². The fourth-order valence-electron chi connectivity index (χ4n) is 3.64. The summed E-state index contributed by atoms with van der Waals surface area (Å²) in [4.78, 5) is 17.0. The van der Waals surface area contributed by atoms with Crippen molar-refractivity contribution in [3.8, 4) is 0 Å². The van der Waals surface area contributed by atoms with Crippen molar-refractivity contribution in [1.29, 1.82) is 0 Å². The van der Waals surface area contributed by atoms with Crippen LogP contribution in [0, 0.1) is 0 Å². The molecule has 0 bridgehead atoms. The Hall–Kier alpha value is -1.03. The minimum Gasteiger partial charge on any atom is -0.488 e. The monoisotopic (exact) mass is 278 g/mol. The van der Waals surface area contributed by atoms with E-state index in [9.17, 15) is 4.79 Å². The van der Waals surface area contributed by atoms with Crippen molar-refractivity contribution in [2.24, 2.45) is 0 Å². The fraction of sp³-hybridized carbons (Fsp3) is 0.812. The molecule has 1 saturated heterocycles. The Balaban J connectivity index is 1.56. The van der Waals surface area contributed by atoms with Gasteiger partial charge >= 0.3 is 0 Å². The minimum atomic E-state index is 0.109. The van der Waals surface area contributed by atoms with Gasteiger partial charge < -0.3 is 9.64 Å². The molecule has 4 nitrogen and oxygen atoms in total. The van der Waals surface area contributed by atoms with Crippen LogP contribution in [0.4, 0.5) is 0 Å². The summed E-state index contributed by atoms with van der Waals surface area (Å²) in [5.41, 5.74) is 0. The van der Waals surface area contributed by atoms with Crippen molar-refractivity contribution in [3.63, 3.8) is 0 Å². The number of amides is 1. The molecule has 0 spiro atoms. The maximum Gasteiger partial charge on any atom is 0.288 e. The summed E-state index contributed by atoms with van der Waals surface area (Å²) >= 11 is 0. The molecule has 0 radical (unpaired) electrons. The molecule has 20 heavy (non-hydrogen) atoms. The van der Waals surface area contributed by atoms with Gasteiger partial charge in [-0.15, -0.1) is 0 Å². The quantitative estimate of drug-likeness (QED) is 0.776. The first kappa shape index (κ1) is 13.9. The molecule has 0 unspecified atom stereocenters. The first-order chi connectivity index (χ1) is 9.84. The summed E-state index contributed by atoms with van der Waals surface area (Å²) in [6.45, 7) is 4.61. The van der Waals surface area contributed by atoms with Gasteiger partial charge in [-0.2, -0.15) is 0 Å². The van der Waals surface area contributed by atoms with E-state index < -0.39 is 0 Å². The average molecular weight is 278 g/mol. The SMILES string of the molecule is O=C(C1=CCCCO1)N1CCCN(C2CCCC2)CC1. The molecule has 0 atom stereocenters. The maximum absolute atomic E-state index is 12.4. The third-order valence-corrected chi connectivity index (χ3v) is 4.81. The Bertz CT molecular complexity index is 375. The molecule has 1 saturated carbocycles. The van der Waals surface area contributed by atoms with Gasteiger partial charge in [-0.3, -0.25) is 9.69 Å². The molecular weight excluding hydrogens is 252 g/mol. The second-order valence-corrected chi connectivity index (χ2v) is 6.18. The van der Waals surface area contributed by atoms with Gasteiger partial charge in [0.25, 0.3) is 5.91 Å². The molecule has 0 aromatic rings. The molecule has 3 rings (SSSR count). The van der Waals surface area contributed by atoms with E-state index in [1.165, 1.54) is 25.7 Å². The van der Waals surface area contributed by atoms with Crippen LogP contribution in [0.3, 0.4) is 0 Å². The highest BCUT2D eigenvalue weighted by Crippen LogP contribution is 2.24. The van der Waals surface area contributed by atoms with Crippen molar-refractivity contribution in [2.45, 2.75) is 51.0 Å². The Morgan fingerprint density at radius 3 is 2.65 bits per heavy atom. The third-order valence-electron chi connectivity index (χ3n) is 4.81. The predicted octanol–water partition coefficient (Wildman–Crippen LogP) is 2.16. The number of hydrogen-bond acceptors (Lipinski definition) is 3. The Labute approximate surface area is 121 Å². The van der Waals surface area contributed by atoms with Gasteiger partial charge in [-0.1, -0.05) is 12.8 Å². The summed E-state index contributed by atoms with van der Waals surface area (Å²) in [5, 5.41) is 0. The van der Waals surface area contributed by atoms with E-state index in [0.29, 0.717) is 12.4 Å². The summed E-state index contributed by atoms with van der Waals surface area (Å²) in [7, 11) is 0. The van der Waals surface area contributed by atoms with E-state index in [1.54, 1.807) is 0 Å². The molecule has 1 aliphatic carbocycles. The maximum atomic E-state index is 12.4. The van der Waals surface area contributed by atoms with Crippen LogP contribution in [0.25, 0.3) is 0 Å². The van der Waals surface area contributed by atoms with Crippen molar-refractivity contribution in [3.05, 3.63) is 11.8 Å². The van der Waals surface area contributed by atoms with Crippen LogP contribution < -0.4 is 0 Å². The first-order valence-electron chi connectivity index (χ1n) is 8.21. The van der Waals surface area contributed by atoms with Crippen LogP contribution in [0.1, 0.15) is 44.9 Å². The van der Waals surface area contributed by atoms with Gasteiger partial charge in [0.1, 0.15) is 0 Å². The largest absolute Gasteiger partial charge is 0.488 e. The summed E-state index contributed by atoms with van der Waals surface area (Å²) in [5.74, 6) is 0.698. The molecule has 2 aliphatic heterocycles. The van der Waals surface area contributed by atoms with Crippen LogP contribution in [0.15, 0.2) is 11.8 Å². The van der Waals surface area contributed by atoms with E-state index in [4.69, 9.17) is 4.74 Å². The molecule has 2 fully saturated rings. The fourth-order valence-corrected chi connectivity index (χ4v) is 3.64. The highest BCUT2D eigenvalue weighted by atomic mass is 16.5. The molecule has 3 aliphatic rings. The molecule has 4 heteroatoms. The Kier molecular flexibility index (Phi) is 4.61. The molecular formula is C16H26N2O2. The van der Waals surface area contributed by atoms with Gasteiger partial charge in [-0.05, 0) is 38.2 Å². The standard InChI is InChI=1S/C16H26N2O2/c19-16(15-8-3-4-13-20-15)18-10-5-9-17(11-12-18)14-6-1-2-7-14/h8,14H,1-7,9-13H2. The second-order valence-electron chi connectivity index (χ2n) is 6.18. The van der Waals surface area contributed by atoms with E-state index in [1.807, 2.05) is 11.0 Å². The first-order valence-corrected chi connectivity index (χ1v) is 8.21. The van der Waals surface area contributed by atoms with Gasteiger partial charge in [0.15, 0.2) is 5.76 Å². The Morgan fingerprint density at radius 1 is 1.05 bits per heavy atom. The highest BCUT2D eigenvalue weighted by molar-refractivity contribution is 5.91. The smallest absolute Gasteiger partial charge is 0.288 e. The predicted molar refractivity (Wildman–Crippen MR) is 78.3 cm³/mol. The lowest BCUT2D eigenvalue weighted by atomic mass is 10.2. The number of ether oxygens (including phenoxy) is 1. The second kappa shape index (κ2) is 6.61. The van der Waals surface area contributed by atoms with Crippen LogP contribution in [0.5, 0.6) is 0 Å². The zero-order chi connectivity index (χ0) is 13.8. The number of allylic oxidation sites excluding steroid dienone is 1. The van der Waals surface area contributed by atoms with Crippen LogP contribution in [-0.2, 0) is 9.53 Å². The molecule has 112 valence electrons. The third kappa shape index (κ3) is 3.17. The van der Waals surface area contributed by atoms with Crippen LogP contribution in [0.2, 0.25) is 0 Å². The lowest BCUT2D eigenvalue weighted by Gasteiger charge is -2.27. The molecule has 1 amide bonds. The van der Waals surface area contributed by atoms with E-state index in [0.717, 1.165) is 51.5 Å². The number of hydrogen-bond donors (Lipinski definition) is 0. The summed E-state index contributed by atoms with van der Waals surface area (Å²) < 4.78 is 5.52. The van der Waals surface area contributed by atoms with E-state index >= 15 is 0 Å². The summed E-state index contributed by atoms with van der Waals surface area (Å²) in [6, 6.07) is 0.773. The minimum absolute atomic E-state index is 0.109. The molecule has 0 N–H and O–H groups in total. The van der Waals surface area contributed by atoms with Gasteiger partial charge in [0, 0.05) is 32.2 Å². The van der Waals surface area contributed by atoms with Crippen molar-refractivity contribution in [2.75, 3.05) is 32.8 Å². The number of carbonyl (C=O) groups is 1. The number of nitrogens with zero attached hydrogens (tertiary/aromatic N) is 2.